The molecule has 0 saturated carbocycles. The predicted octanol–water partition coefficient (Wildman–Crippen LogP) is 3.98. The van der Waals surface area contributed by atoms with E-state index in [1.54, 1.807) is 42.5 Å². The average molecular weight is 537 g/mol. The fourth-order valence-corrected chi connectivity index (χ4v) is 5.40. The fraction of sp³-hybridized carbons (Fsp3) is 0.345. The summed E-state index contributed by atoms with van der Waals surface area (Å²) in [4.78, 5) is 14.0. The van der Waals surface area contributed by atoms with E-state index in [0.29, 0.717) is 17.3 Å². The van der Waals surface area contributed by atoms with Gasteiger partial charge >= 0.3 is 5.97 Å². The Kier molecular flexibility index (Phi) is 10.0. The second-order valence-corrected chi connectivity index (χ2v) is 10.3. The summed E-state index contributed by atoms with van der Waals surface area (Å²) in [6.45, 7) is 7.46. The zero-order chi connectivity index (χ0) is 26.9. The van der Waals surface area contributed by atoms with E-state index in [2.05, 4.69) is 29.3 Å². The van der Waals surface area contributed by atoms with Gasteiger partial charge in [-0.2, -0.15) is 0 Å². The molecule has 0 spiro atoms. The van der Waals surface area contributed by atoms with Crippen molar-refractivity contribution in [1.82, 2.24) is 10.2 Å². The van der Waals surface area contributed by atoms with Gasteiger partial charge in [-0.15, -0.1) is 0 Å². The van der Waals surface area contributed by atoms with Gasteiger partial charge in [-0.25, -0.2) is 0 Å². The van der Waals surface area contributed by atoms with Gasteiger partial charge in [0, 0.05) is 49.2 Å². The lowest BCUT2D eigenvalue weighted by Gasteiger charge is -2.34. The van der Waals surface area contributed by atoms with Crippen molar-refractivity contribution in [3.05, 3.63) is 90.0 Å². The summed E-state index contributed by atoms with van der Waals surface area (Å²) in [6.07, 6.45) is -0.353. The maximum absolute atomic E-state index is 12.4. The molecule has 9 heteroatoms. The number of carbonyl (C=O) groups is 1. The standard InChI is InChI=1S/C29H35N3O5S/c1-22(21-31-14-16-37-17-15-31)30-20-23-10-12-24(13-11-23)26-8-5-9-27(18-26)32(38(35)36)28(19-29(33)34)25-6-3-2-4-7-25/h2-13,18,22,28,30H,14-17,19-21H2,1H3,(H,33,34)(H,35,36)/p-1. The molecule has 38 heavy (non-hydrogen) atoms. The van der Waals surface area contributed by atoms with E-state index < -0.39 is 23.3 Å². The highest BCUT2D eigenvalue weighted by molar-refractivity contribution is 7.80. The van der Waals surface area contributed by atoms with Gasteiger partial charge in [0.2, 0.25) is 0 Å². The van der Waals surface area contributed by atoms with Crippen molar-refractivity contribution >= 4 is 22.9 Å². The lowest BCUT2D eigenvalue weighted by Crippen LogP contribution is -2.44. The van der Waals surface area contributed by atoms with E-state index in [0.717, 1.165) is 60.4 Å². The zero-order valence-electron chi connectivity index (χ0n) is 21.5. The number of ether oxygens (including phenoxy) is 1. The Morgan fingerprint density at radius 3 is 2.42 bits per heavy atom. The minimum absolute atomic E-state index is 0.353. The Hall–Kier alpha value is -3.08. The van der Waals surface area contributed by atoms with Crippen molar-refractivity contribution in [2.24, 2.45) is 0 Å². The summed E-state index contributed by atoms with van der Waals surface area (Å²) in [5.41, 5.74) is 3.98. The summed E-state index contributed by atoms with van der Waals surface area (Å²) in [5.74, 6) is -1.08. The van der Waals surface area contributed by atoms with Crippen LogP contribution in [0.4, 0.5) is 5.69 Å². The predicted molar refractivity (Wildman–Crippen MR) is 148 cm³/mol. The molecule has 1 aliphatic rings. The maximum Gasteiger partial charge on any atom is 0.305 e. The molecule has 4 rings (SSSR count). The summed E-state index contributed by atoms with van der Waals surface area (Å²) in [5, 5.41) is 13.1. The molecule has 3 atom stereocenters. The molecule has 0 aliphatic carbocycles. The summed E-state index contributed by atoms with van der Waals surface area (Å²) in [6, 6.07) is 23.7. The number of hydrogen-bond acceptors (Lipinski definition) is 6. The molecular formula is C29H34N3O5S-. The molecular weight excluding hydrogens is 502 g/mol. The first kappa shape index (κ1) is 27.9. The van der Waals surface area contributed by atoms with Crippen LogP contribution in [0.25, 0.3) is 11.1 Å². The van der Waals surface area contributed by atoms with Crippen LogP contribution in [0, 0.1) is 0 Å². The number of nitrogens with one attached hydrogen (secondary N) is 1. The SMILES string of the molecule is CC(CN1CCOCC1)NCc1ccc(-c2cccc(N(C(CC(=O)O)c3ccccc3)S(=O)[O-])c2)cc1. The van der Waals surface area contributed by atoms with E-state index in [9.17, 15) is 18.7 Å². The second-order valence-electron chi connectivity index (χ2n) is 9.51. The van der Waals surface area contributed by atoms with Crippen LogP contribution in [-0.4, -0.2) is 63.6 Å². The van der Waals surface area contributed by atoms with Crippen LogP contribution >= 0.6 is 0 Å². The van der Waals surface area contributed by atoms with Crippen LogP contribution in [0.3, 0.4) is 0 Å². The topological polar surface area (TPSA) is 105 Å². The van der Waals surface area contributed by atoms with Gasteiger partial charge in [0.1, 0.15) is 0 Å². The van der Waals surface area contributed by atoms with Crippen LogP contribution in [0.5, 0.6) is 0 Å². The molecule has 1 aliphatic heterocycles. The Morgan fingerprint density at radius 1 is 1.05 bits per heavy atom. The van der Waals surface area contributed by atoms with Crippen molar-refractivity contribution in [2.45, 2.75) is 32.0 Å². The van der Waals surface area contributed by atoms with Gasteiger partial charge < -0.3 is 19.7 Å². The highest BCUT2D eigenvalue weighted by Gasteiger charge is 2.25. The third kappa shape index (κ3) is 7.72. The number of carboxylic acid groups (broad SMARTS) is 1. The molecule has 0 amide bonds. The van der Waals surface area contributed by atoms with Gasteiger partial charge in [0.05, 0.1) is 25.7 Å². The number of aliphatic carboxylic acids is 1. The number of rotatable bonds is 12. The van der Waals surface area contributed by atoms with Crippen LogP contribution in [0.2, 0.25) is 0 Å². The lowest BCUT2D eigenvalue weighted by atomic mass is 10.0. The van der Waals surface area contributed by atoms with E-state index >= 15 is 0 Å². The smallest absolute Gasteiger partial charge is 0.305 e. The normalized spacial score (nSPS) is 16.5. The first-order chi connectivity index (χ1) is 18.4. The first-order valence-corrected chi connectivity index (χ1v) is 13.8. The van der Waals surface area contributed by atoms with Crippen LogP contribution in [0.15, 0.2) is 78.9 Å². The third-order valence-corrected chi connectivity index (χ3v) is 7.46. The van der Waals surface area contributed by atoms with Crippen LogP contribution in [-0.2, 0) is 27.3 Å². The Morgan fingerprint density at radius 2 is 1.76 bits per heavy atom. The summed E-state index contributed by atoms with van der Waals surface area (Å²) < 4.78 is 31.3. The minimum atomic E-state index is -2.68. The van der Waals surface area contributed by atoms with Gasteiger partial charge in [0.25, 0.3) is 0 Å². The van der Waals surface area contributed by atoms with Crippen molar-refractivity contribution in [1.29, 1.82) is 0 Å². The molecule has 2 N–H and O–H groups in total. The quantitative estimate of drug-likeness (QED) is 0.337. The number of benzene rings is 3. The fourth-order valence-electron chi connectivity index (χ4n) is 4.71. The second kappa shape index (κ2) is 13.6. The summed E-state index contributed by atoms with van der Waals surface area (Å²) >= 11 is -2.68. The van der Waals surface area contributed by atoms with Crippen molar-refractivity contribution in [3.8, 4) is 11.1 Å². The highest BCUT2D eigenvalue weighted by Crippen LogP contribution is 2.33. The van der Waals surface area contributed by atoms with E-state index in [1.807, 2.05) is 24.3 Å². The Bertz CT molecular complexity index is 1200. The molecule has 1 saturated heterocycles. The third-order valence-electron chi connectivity index (χ3n) is 6.67. The zero-order valence-corrected chi connectivity index (χ0v) is 22.3. The monoisotopic (exact) mass is 536 g/mol. The van der Waals surface area contributed by atoms with Crippen LogP contribution in [0.1, 0.15) is 30.5 Å². The largest absolute Gasteiger partial charge is 0.755 e. The molecule has 3 aromatic rings. The molecule has 202 valence electrons. The van der Waals surface area contributed by atoms with Crippen LogP contribution < -0.4 is 9.62 Å². The minimum Gasteiger partial charge on any atom is -0.755 e. The number of anilines is 1. The van der Waals surface area contributed by atoms with E-state index in [4.69, 9.17) is 4.74 Å². The molecule has 8 nitrogen and oxygen atoms in total. The van der Waals surface area contributed by atoms with Gasteiger partial charge in [-0.1, -0.05) is 66.7 Å². The molecule has 1 fully saturated rings. The van der Waals surface area contributed by atoms with Gasteiger partial charge in [-0.3, -0.25) is 18.2 Å². The lowest BCUT2D eigenvalue weighted by molar-refractivity contribution is -0.137. The van der Waals surface area contributed by atoms with E-state index in [1.165, 1.54) is 0 Å². The number of nitrogens with zero attached hydrogens (tertiary/aromatic N) is 2. The maximum atomic E-state index is 12.4. The van der Waals surface area contributed by atoms with Crippen molar-refractivity contribution in [3.63, 3.8) is 0 Å². The summed E-state index contributed by atoms with van der Waals surface area (Å²) in [7, 11) is 0. The molecule has 0 bridgehead atoms. The van der Waals surface area contributed by atoms with Crippen molar-refractivity contribution < 1.29 is 23.4 Å². The average Bonchev–Trinajstić information content (AvgIpc) is 2.93. The number of morpholine rings is 1. The molecule has 0 aromatic heterocycles. The van der Waals surface area contributed by atoms with Gasteiger partial charge in [-0.05, 0) is 41.3 Å². The Labute approximate surface area is 226 Å². The van der Waals surface area contributed by atoms with Gasteiger partial charge in [0.15, 0.2) is 0 Å². The molecule has 1 heterocycles. The molecule has 0 radical (unpaired) electrons. The number of hydrogen-bond donors (Lipinski definition) is 2. The van der Waals surface area contributed by atoms with Crippen molar-refractivity contribution in [2.75, 3.05) is 37.2 Å². The number of carboxylic acids is 1. The Balaban J connectivity index is 1.47. The molecule has 3 aromatic carbocycles. The highest BCUT2D eigenvalue weighted by atomic mass is 32.2. The first-order valence-electron chi connectivity index (χ1n) is 12.8. The van der Waals surface area contributed by atoms with E-state index in [-0.39, 0.29) is 6.42 Å². The molecule has 3 unspecified atom stereocenters.